The van der Waals surface area contributed by atoms with Gasteiger partial charge in [0.15, 0.2) is 11.6 Å². The van der Waals surface area contributed by atoms with Crippen LogP contribution in [0.1, 0.15) is 85.4 Å². The average Bonchev–Trinajstić information content (AvgIpc) is 2.80. The van der Waals surface area contributed by atoms with E-state index in [2.05, 4.69) is 6.92 Å². The maximum absolute atomic E-state index is 12.4. The van der Waals surface area contributed by atoms with Gasteiger partial charge in [0.1, 0.15) is 23.4 Å². The molecule has 7 nitrogen and oxygen atoms in total. The number of aliphatic hydroxyl groups is 3. The van der Waals surface area contributed by atoms with Crippen LogP contribution < -0.4 is 0 Å². The highest BCUT2D eigenvalue weighted by Crippen LogP contribution is 2.28. The summed E-state index contributed by atoms with van der Waals surface area (Å²) in [6.45, 7) is 8.57. The third-order valence-electron chi connectivity index (χ3n) is 5.47. The SMILES string of the molecule is CCCCOCC(O)COC(c1ccc(C(=O)C(C)(C)O)cc1)c1ccc(C(=O)C(C)(C)O)cc1. The van der Waals surface area contributed by atoms with E-state index < -0.39 is 35.0 Å². The second-order valence-electron chi connectivity index (χ2n) is 9.82. The lowest BCUT2D eigenvalue weighted by atomic mass is 9.92. The van der Waals surface area contributed by atoms with E-state index in [-0.39, 0.29) is 13.2 Å². The lowest BCUT2D eigenvalue weighted by Crippen LogP contribution is -2.31. The van der Waals surface area contributed by atoms with E-state index in [0.29, 0.717) is 17.7 Å². The van der Waals surface area contributed by atoms with Gasteiger partial charge in [0.05, 0.1) is 13.2 Å². The first-order valence-electron chi connectivity index (χ1n) is 12.0. The molecule has 1 atom stereocenters. The van der Waals surface area contributed by atoms with Crippen molar-refractivity contribution in [3.05, 3.63) is 70.8 Å². The molecule has 2 rings (SSSR count). The summed E-state index contributed by atoms with van der Waals surface area (Å²) in [6, 6.07) is 13.5. The topological polar surface area (TPSA) is 113 Å². The molecule has 0 aromatic heterocycles. The summed E-state index contributed by atoms with van der Waals surface area (Å²) in [5.74, 6) is -0.786. The molecule has 0 spiro atoms. The van der Waals surface area contributed by atoms with Crippen LogP contribution in [-0.2, 0) is 9.47 Å². The number of Topliss-reactive ketones (excluding diaryl/α,β-unsaturated/α-hetero) is 2. The fourth-order valence-electron chi connectivity index (χ4n) is 3.43. The zero-order chi connectivity index (χ0) is 26.2. The minimum Gasteiger partial charge on any atom is -0.388 e. The summed E-state index contributed by atoms with van der Waals surface area (Å²) in [4.78, 5) is 24.8. The molecule has 0 fully saturated rings. The number of ketones is 2. The van der Waals surface area contributed by atoms with Crippen LogP contribution in [0.3, 0.4) is 0 Å². The molecule has 0 heterocycles. The number of carbonyl (C=O) groups excluding carboxylic acids is 2. The first-order valence-corrected chi connectivity index (χ1v) is 12.0. The van der Waals surface area contributed by atoms with Crippen LogP contribution >= 0.6 is 0 Å². The first-order chi connectivity index (χ1) is 16.3. The molecular formula is C28H38O7. The van der Waals surface area contributed by atoms with E-state index in [0.717, 1.165) is 24.0 Å². The summed E-state index contributed by atoms with van der Waals surface area (Å²) >= 11 is 0. The van der Waals surface area contributed by atoms with Crippen molar-refractivity contribution in [1.82, 2.24) is 0 Å². The van der Waals surface area contributed by atoms with E-state index in [4.69, 9.17) is 9.47 Å². The highest BCUT2D eigenvalue weighted by Gasteiger charge is 2.27. The van der Waals surface area contributed by atoms with E-state index in [1.807, 2.05) is 0 Å². The number of ether oxygens (including phenoxy) is 2. The lowest BCUT2D eigenvalue weighted by molar-refractivity contribution is -0.0358. The molecule has 3 N–H and O–H groups in total. The molecule has 0 aliphatic rings. The van der Waals surface area contributed by atoms with Gasteiger partial charge in [-0.1, -0.05) is 61.9 Å². The largest absolute Gasteiger partial charge is 0.388 e. The average molecular weight is 487 g/mol. The maximum atomic E-state index is 12.4. The number of unbranched alkanes of at least 4 members (excludes halogenated alkanes) is 1. The third kappa shape index (κ3) is 8.63. The number of benzene rings is 2. The zero-order valence-corrected chi connectivity index (χ0v) is 21.3. The number of carbonyl (C=O) groups is 2. The Hall–Kier alpha value is -2.42. The minimum atomic E-state index is -1.48. The second kappa shape index (κ2) is 12.5. The maximum Gasteiger partial charge on any atom is 0.193 e. The minimum absolute atomic E-state index is 0.0193. The van der Waals surface area contributed by atoms with Crippen molar-refractivity contribution in [1.29, 1.82) is 0 Å². The van der Waals surface area contributed by atoms with E-state index in [9.17, 15) is 24.9 Å². The van der Waals surface area contributed by atoms with Crippen molar-refractivity contribution in [2.24, 2.45) is 0 Å². The van der Waals surface area contributed by atoms with Crippen LogP contribution in [0.25, 0.3) is 0 Å². The van der Waals surface area contributed by atoms with E-state index in [1.54, 1.807) is 48.5 Å². The van der Waals surface area contributed by atoms with Gasteiger partial charge >= 0.3 is 0 Å². The highest BCUT2D eigenvalue weighted by molar-refractivity contribution is 6.02. The Labute approximate surface area is 207 Å². The molecule has 2 aromatic carbocycles. The molecule has 1 unspecified atom stereocenters. The molecule has 0 amide bonds. The van der Waals surface area contributed by atoms with Gasteiger partial charge in [0.2, 0.25) is 0 Å². The Morgan fingerprint density at radius 2 is 1.23 bits per heavy atom. The first kappa shape index (κ1) is 28.8. The van der Waals surface area contributed by atoms with Gasteiger partial charge in [0.25, 0.3) is 0 Å². The quantitative estimate of drug-likeness (QED) is 0.274. The second-order valence-corrected chi connectivity index (χ2v) is 9.82. The van der Waals surface area contributed by atoms with Crippen molar-refractivity contribution in [2.75, 3.05) is 19.8 Å². The normalized spacial score (nSPS) is 13.2. The molecule has 192 valence electrons. The van der Waals surface area contributed by atoms with Gasteiger partial charge in [0, 0.05) is 17.7 Å². The molecule has 0 bridgehead atoms. The van der Waals surface area contributed by atoms with Gasteiger partial charge < -0.3 is 24.8 Å². The van der Waals surface area contributed by atoms with Gasteiger partial charge in [-0.2, -0.15) is 0 Å². The Kier molecular flexibility index (Phi) is 10.3. The van der Waals surface area contributed by atoms with Gasteiger partial charge in [-0.25, -0.2) is 0 Å². The molecule has 0 saturated carbocycles. The van der Waals surface area contributed by atoms with Gasteiger partial charge in [-0.05, 0) is 45.2 Å². The highest BCUT2D eigenvalue weighted by atomic mass is 16.5. The molecule has 7 heteroatoms. The van der Waals surface area contributed by atoms with Crippen LogP contribution in [-0.4, -0.2) is 64.0 Å². The summed E-state index contributed by atoms with van der Waals surface area (Å²) in [6.07, 6.45) is 0.521. The molecule has 2 aromatic rings. The molecule has 35 heavy (non-hydrogen) atoms. The zero-order valence-electron chi connectivity index (χ0n) is 21.3. The lowest BCUT2D eigenvalue weighted by Gasteiger charge is -2.22. The van der Waals surface area contributed by atoms with Gasteiger partial charge in [-0.15, -0.1) is 0 Å². The Bertz CT molecular complexity index is 881. The van der Waals surface area contributed by atoms with Crippen LogP contribution in [0.15, 0.2) is 48.5 Å². The van der Waals surface area contributed by atoms with E-state index in [1.165, 1.54) is 27.7 Å². The Balaban J connectivity index is 2.26. The molecule has 0 aliphatic carbocycles. The monoisotopic (exact) mass is 486 g/mol. The molecular weight excluding hydrogens is 448 g/mol. The van der Waals surface area contributed by atoms with Crippen LogP contribution in [0, 0.1) is 0 Å². The third-order valence-corrected chi connectivity index (χ3v) is 5.47. The predicted molar refractivity (Wildman–Crippen MR) is 134 cm³/mol. The van der Waals surface area contributed by atoms with Crippen molar-refractivity contribution in [3.8, 4) is 0 Å². The predicted octanol–water partition coefficient (Wildman–Crippen LogP) is 3.88. The van der Waals surface area contributed by atoms with Crippen molar-refractivity contribution in [2.45, 2.75) is 70.9 Å². The van der Waals surface area contributed by atoms with Crippen LogP contribution in [0.2, 0.25) is 0 Å². The van der Waals surface area contributed by atoms with E-state index >= 15 is 0 Å². The molecule has 0 radical (unpaired) electrons. The molecule has 0 saturated heterocycles. The van der Waals surface area contributed by atoms with Crippen molar-refractivity contribution >= 4 is 11.6 Å². The fraction of sp³-hybridized carbons (Fsp3) is 0.500. The number of hydrogen-bond donors (Lipinski definition) is 3. The smallest absolute Gasteiger partial charge is 0.193 e. The summed E-state index contributed by atoms with van der Waals surface area (Å²) in [7, 11) is 0. The summed E-state index contributed by atoms with van der Waals surface area (Å²) < 4.78 is 11.5. The van der Waals surface area contributed by atoms with Crippen molar-refractivity contribution in [3.63, 3.8) is 0 Å². The van der Waals surface area contributed by atoms with Crippen LogP contribution in [0.5, 0.6) is 0 Å². The number of hydrogen-bond acceptors (Lipinski definition) is 7. The standard InChI is InChI=1S/C28H38O7/c1-6-7-16-34-17-23(29)18-35-24(19-8-12-21(13-9-19)25(30)27(2,3)32)20-10-14-22(15-11-20)26(31)28(4,5)33/h8-15,23-24,29,32-33H,6-7,16-18H2,1-5H3. The van der Waals surface area contributed by atoms with Crippen LogP contribution in [0.4, 0.5) is 0 Å². The van der Waals surface area contributed by atoms with Crippen molar-refractivity contribution < 1.29 is 34.4 Å². The summed E-state index contributed by atoms with van der Waals surface area (Å²) in [5.41, 5.74) is -0.758. The number of rotatable bonds is 14. The Morgan fingerprint density at radius 1 is 0.800 bits per heavy atom. The van der Waals surface area contributed by atoms with Gasteiger partial charge in [-0.3, -0.25) is 9.59 Å². The fourth-order valence-corrected chi connectivity index (χ4v) is 3.43. The molecule has 0 aliphatic heterocycles. The Morgan fingerprint density at radius 3 is 1.60 bits per heavy atom. The summed E-state index contributed by atoms with van der Waals surface area (Å²) in [5, 5.41) is 30.3. The number of aliphatic hydroxyl groups excluding tert-OH is 1.